The molecule has 0 aliphatic rings. The molecule has 0 aromatic carbocycles. The summed E-state index contributed by atoms with van der Waals surface area (Å²) in [6.45, 7) is 6.21. The van der Waals surface area contributed by atoms with Gasteiger partial charge < -0.3 is 0 Å². The van der Waals surface area contributed by atoms with E-state index in [4.69, 9.17) is 11.6 Å². The lowest BCUT2D eigenvalue weighted by atomic mass is 9.97. The second kappa shape index (κ2) is 4.80. The van der Waals surface area contributed by atoms with Gasteiger partial charge in [-0.1, -0.05) is 25.4 Å². The van der Waals surface area contributed by atoms with Crippen LogP contribution in [0.15, 0.2) is 24.8 Å². The van der Waals surface area contributed by atoms with Gasteiger partial charge in [-0.15, -0.1) is 0 Å². The number of halogens is 1. The smallest absolute Gasteiger partial charge is 0.136 e. The lowest BCUT2D eigenvalue weighted by Crippen LogP contribution is -2.00. The second-order valence-corrected chi connectivity index (χ2v) is 4.63. The summed E-state index contributed by atoms with van der Waals surface area (Å²) in [6, 6.07) is 1.97. The number of rotatable bonds is 2. The summed E-state index contributed by atoms with van der Waals surface area (Å²) >= 11 is 6.16. The van der Waals surface area contributed by atoms with Gasteiger partial charge in [0.25, 0.3) is 0 Å². The molecule has 0 bridgehead atoms. The van der Waals surface area contributed by atoms with E-state index in [1.807, 2.05) is 19.2 Å². The fourth-order valence-electron chi connectivity index (χ4n) is 1.81. The predicted molar refractivity (Wildman–Crippen MR) is 69.1 cm³/mol. The first-order chi connectivity index (χ1) is 8.11. The van der Waals surface area contributed by atoms with Crippen LogP contribution in [0, 0.1) is 6.92 Å². The molecule has 0 N–H and O–H groups in total. The maximum atomic E-state index is 6.16. The number of pyridine rings is 1. The molecule has 0 radical (unpaired) electrons. The Morgan fingerprint density at radius 2 is 2.00 bits per heavy atom. The molecule has 0 saturated heterocycles. The summed E-state index contributed by atoms with van der Waals surface area (Å²) in [5.74, 6) is 0.276. The Kier molecular flexibility index (Phi) is 3.38. The molecule has 0 aliphatic carbocycles. The molecule has 0 atom stereocenters. The molecule has 0 unspecified atom stereocenters. The van der Waals surface area contributed by atoms with E-state index in [2.05, 4.69) is 28.8 Å². The minimum Gasteiger partial charge on any atom is -0.264 e. The maximum absolute atomic E-state index is 6.16. The van der Waals surface area contributed by atoms with Crippen molar-refractivity contribution >= 4 is 11.6 Å². The quantitative estimate of drug-likeness (QED) is 0.761. The highest BCUT2D eigenvalue weighted by Crippen LogP contribution is 2.32. The van der Waals surface area contributed by atoms with E-state index < -0.39 is 0 Å². The Labute approximate surface area is 106 Å². The number of hydrogen-bond acceptors (Lipinski definition) is 3. The largest absolute Gasteiger partial charge is 0.264 e. The van der Waals surface area contributed by atoms with Crippen molar-refractivity contribution < 1.29 is 0 Å². The molecule has 88 valence electrons. The normalized spacial score (nSPS) is 10.9. The number of hydrogen-bond donors (Lipinski definition) is 0. The van der Waals surface area contributed by atoms with Crippen LogP contribution >= 0.6 is 11.6 Å². The van der Waals surface area contributed by atoms with Crippen molar-refractivity contribution in [2.75, 3.05) is 0 Å². The van der Waals surface area contributed by atoms with E-state index in [0.717, 1.165) is 22.4 Å². The van der Waals surface area contributed by atoms with E-state index in [1.165, 1.54) is 6.33 Å². The highest BCUT2D eigenvalue weighted by Gasteiger charge is 2.16. The monoisotopic (exact) mass is 247 g/mol. The van der Waals surface area contributed by atoms with Crippen LogP contribution in [0.2, 0.25) is 5.15 Å². The third-order valence-electron chi connectivity index (χ3n) is 2.71. The molecule has 0 amide bonds. The van der Waals surface area contributed by atoms with Gasteiger partial charge in [0.15, 0.2) is 0 Å². The minimum atomic E-state index is 0.276. The van der Waals surface area contributed by atoms with Gasteiger partial charge in [0.1, 0.15) is 11.5 Å². The molecule has 3 nitrogen and oxygen atoms in total. The number of aryl methyl sites for hydroxylation is 1. The van der Waals surface area contributed by atoms with Crippen LogP contribution in [0.25, 0.3) is 11.3 Å². The molecule has 2 aromatic heterocycles. The van der Waals surface area contributed by atoms with Gasteiger partial charge in [-0.25, -0.2) is 9.97 Å². The molecule has 17 heavy (non-hydrogen) atoms. The molecule has 0 fully saturated rings. The predicted octanol–water partition coefficient (Wildman–Crippen LogP) is 3.62. The summed E-state index contributed by atoms with van der Waals surface area (Å²) < 4.78 is 0. The van der Waals surface area contributed by atoms with Gasteiger partial charge in [-0.3, -0.25) is 4.98 Å². The molecule has 0 saturated carbocycles. The SMILES string of the molecule is Cc1ccncc1-c1ncnc(Cl)c1C(C)C. The van der Waals surface area contributed by atoms with Crippen molar-refractivity contribution in [2.45, 2.75) is 26.7 Å². The van der Waals surface area contributed by atoms with Gasteiger partial charge in [-0.2, -0.15) is 0 Å². The van der Waals surface area contributed by atoms with Crippen LogP contribution in [-0.2, 0) is 0 Å². The van der Waals surface area contributed by atoms with E-state index in [0.29, 0.717) is 5.15 Å². The molecule has 2 rings (SSSR count). The highest BCUT2D eigenvalue weighted by molar-refractivity contribution is 6.30. The first-order valence-electron chi connectivity index (χ1n) is 5.52. The minimum absolute atomic E-state index is 0.276. The van der Waals surface area contributed by atoms with Crippen LogP contribution in [0.4, 0.5) is 0 Å². The zero-order chi connectivity index (χ0) is 12.4. The van der Waals surface area contributed by atoms with Gasteiger partial charge in [0, 0.05) is 23.5 Å². The zero-order valence-corrected chi connectivity index (χ0v) is 10.9. The van der Waals surface area contributed by atoms with Crippen LogP contribution in [-0.4, -0.2) is 15.0 Å². The first kappa shape index (κ1) is 12.0. The molecule has 2 aromatic rings. The van der Waals surface area contributed by atoms with E-state index in [9.17, 15) is 0 Å². The molecule has 0 spiro atoms. The highest BCUT2D eigenvalue weighted by atomic mass is 35.5. The molecular weight excluding hydrogens is 234 g/mol. The second-order valence-electron chi connectivity index (χ2n) is 4.27. The van der Waals surface area contributed by atoms with Crippen LogP contribution in [0.3, 0.4) is 0 Å². The van der Waals surface area contributed by atoms with Crippen LogP contribution in [0.5, 0.6) is 0 Å². The zero-order valence-electron chi connectivity index (χ0n) is 10.1. The fourth-order valence-corrected chi connectivity index (χ4v) is 2.16. The third kappa shape index (κ3) is 2.29. The Morgan fingerprint density at radius 1 is 1.24 bits per heavy atom. The van der Waals surface area contributed by atoms with Gasteiger partial charge >= 0.3 is 0 Å². The molecule has 0 aliphatic heterocycles. The lowest BCUT2D eigenvalue weighted by molar-refractivity contribution is 0.849. The van der Waals surface area contributed by atoms with Gasteiger partial charge in [-0.05, 0) is 24.5 Å². The average molecular weight is 248 g/mol. The van der Waals surface area contributed by atoms with E-state index in [-0.39, 0.29) is 5.92 Å². The van der Waals surface area contributed by atoms with Crippen LogP contribution < -0.4 is 0 Å². The average Bonchev–Trinajstić information content (AvgIpc) is 2.28. The summed E-state index contributed by atoms with van der Waals surface area (Å²) in [6.07, 6.45) is 5.09. The summed E-state index contributed by atoms with van der Waals surface area (Å²) in [7, 11) is 0. The standard InChI is InChI=1S/C13H14ClN3/c1-8(2)11-12(16-7-17-13(11)14)10-6-15-5-4-9(10)3/h4-8H,1-3H3. The summed E-state index contributed by atoms with van der Waals surface area (Å²) in [4.78, 5) is 12.6. The van der Waals surface area contributed by atoms with Crippen LogP contribution in [0.1, 0.15) is 30.9 Å². The molecular formula is C13H14ClN3. The first-order valence-corrected chi connectivity index (χ1v) is 5.90. The topological polar surface area (TPSA) is 38.7 Å². The molecule has 2 heterocycles. The number of aromatic nitrogens is 3. The number of nitrogens with zero attached hydrogens (tertiary/aromatic N) is 3. The fraction of sp³-hybridized carbons (Fsp3) is 0.308. The van der Waals surface area contributed by atoms with Crippen molar-refractivity contribution in [3.05, 3.63) is 41.1 Å². The Morgan fingerprint density at radius 3 is 2.65 bits per heavy atom. The van der Waals surface area contributed by atoms with Crippen molar-refractivity contribution in [1.29, 1.82) is 0 Å². The van der Waals surface area contributed by atoms with Crippen molar-refractivity contribution in [3.8, 4) is 11.3 Å². The Balaban J connectivity index is 2.68. The van der Waals surface area contributed by atoms with Crippen molar-refractivity contribution in [3.63, 3.8) is 0 Å². The van der Waals surface area contributed by atoms with Gasteiger partial charge in [0.2, 0.25) is 0 Å². The van der Waals surface area contributed by atoms with E-state index in [1.54, 1.807) is 6.20 Å². The molecule has 4 heteroatoms. The van der Waals surface area contributed by atoms with Gasteiger partial charge in [0.05, 0.1) is 5.69 Å². The Bertz CT molecular complexity index is 538. The third-order valence-corrected chi connectivity index (χ3v) is 3.01. The maximum Gasteiger partial charge on any atom is 0.136 e. The summed E-state index contributed by atoms with van der Waals surface area (Å²) in [5, 5.41) is 0.522. The summed E-state index contributed by atoms with van der Waals surface area (Å²) in [5.41, 5.74) is 4.01. The van der Waals surface area contributed by atoms with Crippen molar-refractivity contribution in [2.24, 2.45) is 0 Å². The Hall–Kier alpha value is -1.48. The lowest BCUT2D eigenvalue weighted by Gasteiger charge is -2.13. The van der Waals surface area contributed by atoms with Crippen molar-refractivity contribution in [1.82, 2.24) is 15.0 Å². The van der Waals surface area contributed by atoms with E-state index >= 15 is 0 Å².